The summed E-state index contributed by atoms with van der Waals surface area (Å²) < 4.78 is 15.5. The van der Waals surface area contributed by atoms with Gasteiger partial charge in [-0.1, -0.05) is 62.3 Å². The number of aromatic nitrogens is 1. The van der Waals surface area contributed by atoms with Crippen molar-refractivity contribution in [1.29, 1.82) is 0 Å². The first-order chi connectivity index (χ1) is 18.4. The van der Waals surface area contributed by atoms with E-state index in [4.69, 9.17) is 9.47 Å². The molecule has 0 fully saturated rings. The molecule has 188 valence electrons. The lowest BCUT2D eigenvalue weighted by Crippen LogP contribution is -2.63. The molecule has 0 bridgehead atoms. The van der Waals surface area contributed by atoms with Crippen molar-refractivity contribution in [3.05, 3.63) is 94.7 Å². The minimum atomic E-state index is -1.17. The molecule has 1 aliphatic heterocycles. The van der Waals surface area contributed by atoms with E-state index in [0.29, 0.717) is 5.56 Å². The molecule has 0 amide bonds. The van der Waals surface area contributed by atoms with Crippen LogP contribution in [0.4, 0.5) is 0 Å². The second kappa shape index (κ2) is 8.89. The number of carbonyl (C=O) groups excluding carboxylic acids is 1. The summed E-state index contributed by atoms with van der Waals surface area (Å²) in [5.74, 6) is 6.84. The average molecular weight is 501 g/mol. The van der Waals surface area contributed by atoms with E-state index in [1.165, 1.54) is 5.57 Å². The number of hydrogen-bond acceptors (Lipinski definition) is 3. The van der Waals surface area contributed by atoms with Crippen molar-refractivity contribution in [3.8, 4) is 23.3 Å². The lowest BCUT2D eigenvalue weighted by Gasteiger charge is -2.32. The van der Waals surface area contributed by atoms with Crippen LogP contribution >= 0.6 is 0 Å². The van der Waals surface area contributed by atoms with Gasteiger partial charge in [-0.3, -0.25) is 4.79 Å². The predicted molar refractivity (Wildman–Crippen MR) is 151 cm³/mol. The summed E-state index contributed by atoms with van der Waals surface area (Å²) in [6, 6.07) is 18.1. The first-order valence-corrected chi connectivity index (χ1v) is 13.1. The summed E-state index contributed by atoms with van der Waals surface area (Å²) >= 11 is 0. The SMILES string of the molecule is CC#CC(CC)=C1C=Cc2cccc(OC3(C)Oc4cccc5ccc6c(C(C)=O)cc[n+]3c6c45)c2C1C. The Morgan fingerprint density at radius 2 is 1.92 bits per heavy atom. The van der Waals surface area contributed by atoms with Crippen LogP contribution in [0, 0.1) is 11.8 Å². The number of benzene rings is 3. The molecule has 4 nitrogen and oxygen atoms in total. The molecule has 38 heavy (non-hydrogen) atoms. The van der Waals surface area contributed by atoms with Gasteiger partial charge in [0.05, 0.1) is 17.7 Å². The van der Waals surface area contributed by atoms with Crippen LogP contribution in [0.5, 0.6) is 11.5 Å². The fraction of sp³-hybridized carbons (Fsp3) is 0.235. The number of fused-ring (bicyclic) bond motifs is 1. The minimum Gasteiger partial charge on any atom is -0.399 e. The highest BCUT2D eigenvalue weighted by molar-refractivity contribution is 6.14. The molecule has 0 radical (unpaired) electrons. The lowest BCUT2D eigenvalue weighted by molar-refractivity contribution is -0.815. The Morgan fingerprint density at radius 1 is 1.11 bits per heavy atom. The average Bonchev–Trinajstić information content (AvgIpc) is 2.91. The largest absolute Gasteiger partial charge is 0.474 e. The maximum Gasteiger partial charge on any atom is 0.474 e. The third-order valence-corrected chi connectivity index (χ3v) is 7.74. The molecule has 0 N–H and O–H groups in total. The van der Waals surface area contributed by atoms with Crippen molar-refractivity contribution in [2.75, 3.05) is 0 Å². The van der Waals surface area contributed by atoms with Crippen LogP contribution in [0.2, 0.25) is 0 Å². The number of carbonyl (C=O) groups is 1. The van der Waals surface area contributed by atoms with Crippen molar-refractivity contribution in [1.82, 2.24) is 0 Å². The zero-order valence-electron chi connectivity index (χ0n) is 22.4. The number of Topliss-reactive ketones (excluding diaryl/α,β-unsaturated/α-hetero) is 1. The molecule has 0 saturated heterocycles. The summed E-state index contributed by atoms with van der Waals surface area (Å²) in [4.78, 5) is 12.5. The predicted octanol–water partition coefficient (Wildman–Crippen LogP) is 7.44. The van der Waals surface area contributed by atoms with Gasteiger partial charge in [0.1, 0.15) is 11.5 Å². The lowest BCUT2D eigenvalue weighted by atomic mass is 9.81. The number of rotatable bonds is 4. The van der Waals surface area contributed by atoms with Gasteiger partial charge in [0.25, 0.3) is 0 Å². The van der Waals surface area contributed by atoms with E-state index >= 15 is 0 Å². The first kappa shape index (κ1) is 24.0. The molecule has 2 unspecified atom stereocenters. The second-order valence-electron chi connectivity index (χ2n) is 10.1. The van der Waals surface area contributed by atoms with Gasteiger partial charge in [0.2, 0.25) is 5.52 Å². The smallest absolute Gasteiger partial charge is 0.399 e. The normalized spacial score (nSPS) is 20.5. The van der Waals surface area contributed by atoms with Gasteiger partial charge < -0.3 is 9.47 Å². The van der Waals surface area contributed by atoms with E-state index in [0.717, 1.165) is 56.3 Å². The van der Waals surface area contributed by atoms with Gasteiger partial charge in [0, 0.05) is 28.7 Å². The van der Waals surface area contributed by atoms with E-state index < -0.39 is 5.91 Å². The van der Waals surface area contributed by atoms with Crippen molar-refractivity contribution in [2.45, 2.75) is 52.9 Å². The zero-order valence-corrected chi connectivity index (χ0v) is 22.4. The van der Waals surface area contributed by atoms with Gasteiger partial charge in [-0.2, -0.15) is 0 Å². The molecule has 4 heteroatoms. The van der Waals surface area contributed by atoms with Gasteiger partial charge in [-0.15, -0.1) is 10.5 Å². The molecule has 2 atom stereocenters. The topological polar surface area (TPSA) is 39.4 Å². The minimum absolute atomic E-state index is 0.0297. The number of ketones is 1. The van der Waals surface area contributed by atoms with Crippen LogP contribution in [-0.4, -0.2) is 5.78 Å². The Morgan fingerprint density at radius 3 is 2.68 bits per heavy atom. The standard InChI is InChI=1S/C34H30NO3/c1-6-10-23(7-2)26-17-15-24-11-8-13-29(31(24)21(26)3)37-34(5)35-20-19-27(22(4)36)28-18-16-25-12-9-14-30(38-34)32(25)33(28)35/h8-9,11-21H,7H2,1-5H3/q+1. The molecule has 0 saturated carbocycles. The zero-order chi connectivity index (χ0) is 26.6. The Labute approximate surface area is 223 Å². The van der Waals surface area contributed by atoms with E-state index in [1.807, 2.05) is 67.1 Å². The summed E-state index contributed by atoms with van der Waals surface area (Å²) in [6.07, 6.45) is 7.12. The van der Waals surface area contributed by atoms with Crippen LogP contribution < -0.4 is 14.0 Å². The second-order valence-corrected chi connectivity index (χ2v) is 10.1. The van der Waals surface area contributed by atoms with E-state index in [2.05, 4.69) is 50.0 Å². The Bertz CT molecular complexity index is 1780. The molecule has 6 rings (SSSR count). The molecular weight excluding hydrogens is 470 g/mol. The number of hydrogen-bond donors (Lipinski definition) is 0. The highest BCUT2D eigenvalue weighted by Gasteiger charge is 2.47. The van der Waals surface area contributed by atoms with Crippen LogP contribution in [0.1, 0.15) is 68.4 Å². The van der Waals surface area contributed by atoms with Crippen LogP contribution in [-0.2, 0) is 5.91 Å². The Balaban J connectivity index is 1.55. The molecule has 3 aromatic carbocycles. The summed E-state index contributed by atoms with van der Waals surface area (Å²) in [6.45, 7) is 9.79. The summed E-state index contributed by atoms with van der Waals surface area (Å²) in [5, 5.41) is 2.93. The van der Waals surface area contributed by atoms with E-state index in [1.54, 1.807) is 6.92 Å². The monoisotopic (exact) mass is 500 g/mol. The number of allylic oxidation sites excluding steroid dienone is 3. The third-order valence-electron chi connectivity index (χ3n) is 7.74. The third kappa shape index (κ3) is 3.54. The molecule has 2 heterocycles. The van der Waals surface area contributed by atoms with E-state index in [-0.39, 0.29) is 11.7 Å². The molecule has 2 aliphatic rings. The quantitative estimate of drug-likeness (QED) is 0.126. The van der Waals surface area contributed by atoms with Crippen molar-refractivity contribution < 1.29 is 18.8 Å². The summed E-state index contributed by atoms with van der Waals surface area (Å²) in [7, 11) is 0. The molecular formula is C34H30NO3+. The van der Waals surface area contributed by atoms with E-state index in [9.17, 15) is 4.79 Å². The summed E-state index contributed by atoms with van der Waals surface area (Å²) in [5.41, 5.74) is 6.23. The fourth-order valence-corrected chi connectivity index (χ4v) is 5.98. The Hall–Kier alpha value is -4.36. The first-order valence-electron chi connectivity index (χ1n) is 13.1. The van der Waals surface area contributed by atoms with Gasteiger partial charge >= 0.3 is 5.91 Å². The molecule has 1 aromatic heterocycles. The van der Waals surface area contributed by atoms with Crippen LogP contribution in [0.3, 0.4) is 0 Å². The van der Waals surface area contributed by atoms with Gasteiger partial charge in [-0.05, 0) is 55.0 Å². The number of nitrogens with zero attached hydrogens (tertiary/aromatic N) is 1. The molecule has 4 aromatic rings. The fourth-order valence-electron chi connectivity index (χ4n) is 5.98. The number of pyridine rings is 1. The highest BCUT2D eigenvalue weighted by atomic mass is 16.7. The molecule has 0 spiro atoms. The highest BCUT2D eigenvalue weighted by Crippen LogP contribution is 2.44. The van der Waals surface area contributed by atoms with Gasteiger partial charge in [0.15, 0.2) is 12.0 Å². The maximum absolute atomic E-state index is 12.5. The van der Waals surface area contributed by atoms with Crippen molar-refractivity contribution in [2.24, 2.45) is 0 Å². The van der Waals surface area contributed by atoms with Crippen molar-refractivity contribution in [3.63, 3.8) is 0 Å². The van der Waals surface area contributed by atoms with Gasteiger partial charge in [-0.25, -0.2) is 0 Å². The number of ether oxygens (including phenoxy) is 2. The molecule has 1 aliphatic carbocycles. The Kier molecular flexibility index (Phi) is 5.61. The maximum atomic E-state index is 12.5. The van der Waals surface area contributed by atoms with Crippen molar-refractivity contribution >= 4 is 33.5 Å². The van der Waals surface area contributed by atoms with Crippen LogP contribution in [0.15, 0.2) is 78.0 Å². The van der Waals surface area contributed by atoms with Crippen LogP contribution in [0.25, 0.3) is 27.8 Å².